The van der Waals surface area contributed by atoms with Gasteiger partial charge in [0.1, 0.15) is 5.82 Å². The molecule has 0 aliphatic carbocycles. The maximum absolute atomic E-state index is 13.0. The molecule has 0 amide bonds. The van der Waals surface area contributed by atoms with E-state index in [1.54, 1.807) is 24.5 Å². The molecule has 0 fully saturated rings. The van der Waals surface area contributed by atoms with Crippen LogP contribution in [0.25, 0.3) is 0 Å². The summed E-state index contributed by atoms with van der Waals surface area (Å²) in [6.07, 6.45) is 4.54. The average molecular weight is 273 g/mol. The van der Waals surface area contributed by atoms with Gasteiger partial charge in [-0.1, -0.05) is 12.1 Å². The first-order valence-corrected chi connectivity index (χ1v) is 6.75. The second-order valence-corrected chi connectivity index (χ2v) is 4.89. The van der Waals surface area contributed by atoms with Crippen LogP contribution in [0.3, 0.4) is 0 Å². The molecule has 3 nitrogen and oxygen atoms in total. The fraction of sp³-hybridized carbons (Fsp3) is 0.312. The van der Waals surface area contributed by atoms with Crippen LogP contribution in [0.4, 0.5) is 4.39 Å². The van der Waals surface area contributed by atoms with E-state index >= 15 is 0 Å². The first-order valence-electron chi connectivity index (χ1n) is 6.75. The van der Waals surface area contributed by atoms with Crippen molar-refractivity contribution in [1.82, 2.24) is 9.88 Å². The van der Waals surface area contributed by atoms with Gasteiger partial charge in [-0.2, -0.15) is 0 Å². The van der Waals surface area contributed by atoms with Crippen LogP contribution in [-0.4, -0.2) is 30.0 Å². The number of aromatic nitrogens is 1. The van der Waals surface area contributed by atoms with Crippen molar-refractivity contribution in [2.75, 3.05) is 20.1 Å². The first kappa shape index (κ1) is 14.6. The summed E-state index contributed by atoms with van der Waals surface area (Å²) in [4.78, 5) is 6.21. The summed E-state index contributed by atoms with van der Waals surface area (Å²) in [5, 5.41) is 0. The van der Waals surface area contributed by atoms with E-state index in [9.17, 15) is 4.39 Å². The van der Waals surface area contributed by atoms with E-state index in [2.05, 4.69) is 9.88 Å². The molecule has 106 valence electrons. The molecule has 4 heteroatoms. The van der Waals surface area contributed by atoms with Crippen LogP contribution >= 0.6 is 0 Å². The Morgan fingerprint density at radius 3 is 2.40 bits per heavy atom. The minimum Gasteiger partial charge on any atom is -0.329 e. The fourth-order valence-corrected chi connectivity index (χ4v) is 2.27. The van der Waals surface area contributed by atoms with Crippen molar-refractivity contribution in [1.29, 1.82) is 0 Å². The average Bonchev–Trinajstić information content (AvgIpc) is 2.49. The normalized spacial score (nSPS) is 12.6. The highest BCUT2D eigenvalue weighted by Crippen LogP contribution is 2.19. The highest BCUT2D eigenvalue weighted by Gasteiger charge is 2.15. The highest BCUT2D eigenvalue weighted by molar-refractivity contribution is 5.20. The third kappa shape index (κ3) is 3.85. The van der Waals surface area contributed by atoms with Gasteiger partial charge in [0.05, 0.1) is 0 Å². The number of likely N-dealkylation sites (N-methyl/N-ethyl adjacent to an activating group) is 1. The molecule has 1 heterocycles. The van der Waals surface area contributed by atoms with Crippen LogP contribution in [0.1, 0.15) is 17.2 Å². The standard InChI is InChI=1S/C16H20FN3/c1-20(11-8-13-6-9-19-10-7-13)16(12-18)14-2-4-15(17)5-3-14/h2-7,9-10,16H,8,11-12,18H2,1H3. The van der Waals surface area contributed by atoms with E-state index in [1.807, 2.05) is 19.2 Å². The molecule has 0 radical (unpaired) electrons. The number of rotatable bonds is 6. The van der Waals surface area contributed by atoms with Gasteiger partial charge in [0.15, 0.2) is 0 Å². The molecule has 1 aromatic carbocycles. The molecule has 2 N–H and O–H groups in total. The molecular weight excluding hydrogens is 253 g/mol. The maximum atomic E-state index is 13.0. The zero-order valence-corrected chi connectivity index (χ0v) is 11.7. The molecule has 2 aromatic rings. The molecule has 0 bridgehead atoms. The van der Waals surface area contributed by atoms with E-state index < -0.39 is 0 Å². The third-order valence-corrected chi connectivity index (χ3v) is 3.51. The Hall–Kier alpha value is -1.78. The number of nitrogens with two attached hydrogens (primary N) is 1. The monoisotopic (exact) mass is 273 g/mol. The highest BCUT2D eigenvalue weighted by atomic mass is 19.1. The summed E-state index contributed by atoms with van der Waals surface area (Å²) in [6.45, 7) is 1.40. The third-order valence-electron chi connectivity index (χ3n) is 3.51. The van der Waals surface area contributed by atoms with Gasteiger partial charge in [0, 0.05) is 31.5 Å². The maximum Gasteiger partial charge on any atom is 0.123 e. The summed E-state index contributed by atoms with van der Waals surface area (Å²) < 4.78 is 13.0. The Morgan fingerprint density at radius 1 is 1.15 bits per heavy atom. The number of halogens is 1. The van der Waals surface area contributed by atoms with Gasteiger partial charge in [-0.05, 0) is 48.9 Å². The number of benzene rings is 1. The quantitative estimate of drug-likeness (QED) is 0.878. The molecule has 0 saturated carbocycles. The van der Waals surface area contributed by atoms with Crippen molar-refractivity contribution in [2.45, 2.75) is 12.5 Å². The van der Waals surface area contributed by atoms with Crippen LogP contribution < -0.4 is 5.73 Å². The summed E-state index contributed by atoms with van der Waals surface area (Å²) in [5.41, 5.74) is 8.17. The van der Waals surface area contributed by atoms with E-state index in [4.69, 9.17) is 5.73 Å². The predicted octanol–water partition coefficient (Wildman–Crippen LogP) is 2.40. The number of nitrogens with zero attached hydrogens (tertiary/aromatic N) is 2. The Kier molecular flexibility index (Phi) is 5.21. The first-order chi connectivity index (χ1) is 9.70. The molecule has 0 spiro atoms. The Bertz CT molecular complexity index is 513. The van der Waals surface area contributed by atoms with E-state index in [-0.39, 0.29) is 11.9 Å². The lowest BCUT2D eigenvalue weighted by molar-refractivity contribution is 0.253. The number of hydrogen-bond donors (Lipinski definition) is 1. The van der Waals surface area contributed by atoms with Crippen LogP contribution in [0, 0.1) is 5.82 Å². The second-order valence-electron chi connectivity index (χ2n) is 4.89. The van der Waals surface area contributed by atoms with E-state index in [0.717, 1.165) is 18.5 Å². The lowest BCUT2D eigenvalue weighted by Gasteiger charge is -2.27. The van der Waals surface area contributed by atoms with Gasteiger partial charge in [0.2, 0.25) is 0 Å². The van der Waals surface area contributed by atoms with Crippen LogP contribution in [-0.2, 0) is 6.42 Å². The van der Waals surface area contributed by atoms with Crippen molar-refractivity contribution >= 4 is 0 Å². The number of pyridine rings is 1. The van der Waals surface area contributed by atoms with Crippen molar-refractivity contribution in [2.24, 2.45) is 5.73 Å². The Labute approximate surface area is 119 Å². The fourth-order valence-electron chi connectivity index (χ4n) is 2.27. The molecule has 0 aliphatic heterocycles. The van der Waals surface area contributed by atoms with E-state index in [1.165, 1.54) is 17.7 Å². The lowest BCUT2D eigenvalue weighted by atomic mass is 10.0. The largest absolute Gasteiger partial charge is 0.329 e. The van der Waals surface area contributed by atoms with Gasteiger partial charge in [-0.3, -0.25) is 9.88 Å². The zero-order valence-electron chi connectivity index (χ0n) is 11.7. The van der Waals surface area contributed by atoms with Gasteiger partial charge in [-0.15, -0.1) is 0 Å². The minimum absolute atomic E-state index is 0.109. The predicted molar refractivity (Wildman–Crippen MR) is 78.8 cm³/mol. The minimum atomic E-state index is -0.219. The van der Waals surface area contributed by atoms with Crippen molar-refractivity contribution in [3.63, 3.8) is 0 Å². The molecule has 2 rings (SSSR count). The molecule has 0 aliphatic rings. The number of hydrogen-bond acceptors (Lipinski definition) is 3. The van der Waals surface area contributed by atoms with Crippen molar-refractivity contribution in [3.8, 4) is 0 Å². The molecular formula is C16H20FN3. The van der Waals surface area contributed by atoms with Crippen LogP contribution in [0.15, 0.2) is 48.8 Å². The molecule has 1 atom stereocenters. The summed E-state index contributed by atoms with van der Waals surface area (Å²) in [7, 11) is 2.04. The Morgan fingerprint density at radius 2 is 1.80 bits per heavy atom. The Balaban J connectivity index is 1.98. The van der Waals surface area contributed by atoms with Gasteiger partial charge < -0.3 is 5.73 Å². The van der Waals surface area contributed by atoms with Crippen LogP contribution in [0.2, 0.25) is 0 Å². The SMILES string of the molecule is CN(CCc1ccncc1)C(CN)c1ccc(F)cc1. The smallest absolute Gasteiger partial charge is 0.123 e. The van der Waals surface area contributed by atoms with E-state index in [0.29, 0.717) is 6.54 Å². The summed E-state index contributed by atoms with van der Waals surface area (Å²) in [5.74, 6) is -0.219. The molecule has 0 saturated heterocycles. The van der Waals surface area contributed by atoms with Gasteiger partial charge in [-0.25, -0.2) is 4.39 Å². The van der Waals surface area contributed by atoms with Gasteiger partial charge >= 0.3 is 0 Å². The summed E-state index contributed by atoms with van der Waals surface area (Å²) >= 11 is 0. The van der Waals surface area contributed by atoms with Crippen molar-refractivity contribution in [3.05, 3.63) is 65.7 Å². The molecule has 1 aromatic heterocycles. The molecule has 20 heavy (non-hydrogen) atoms. The van der Waals surface area contributed by atoms with Crippen molar-refractivity contribution < 1.29 is 4.39 Å². The lowest BCUT2D eigenvalue weighted by Crippen LogP contribution is -2.32. The van der Waals surface area contributed by atoms with Crippen LogP contribution in [0.5, 0.6) is 0 Å². The summed E-state index contributed by atoms with van der Waals surface area (Å²) in [6, 6.07) is 10.7. The zero-order chi connectivity index (χ0) is 14.4. The molecule has 1 unspecified atom stereocenters. The topological polar surface area (TPSA) is 42.2 Å². The van der Waals surface area contributed by atoms with Gasteiger partial charge in [0.25, 0.3) is 0 Å². The second kappa shape index (κ2) is 7.12.